The molecule has 0 aromatic heterocycles. The van der Waals surface area contributed by atoms with Gasteiger partial charge in [0.25, 0.3) is 0 Å². The summed E-state index contributed by atoms with van der Waals surface area (Å²) in [6, 6.07) is 4.33. The zero-order valence-electron chi connectivity index (χ0n) is 10.9. The van der Waals surface area contributed by atoms with Crippen LogP contribution in [0.25, 0.3) is 0 Å². The van der Waals surface area contributed by atoms with E-state index in [0.717, 1.165) is 32.1 Å². The van der Waals surface area contributed by atoms with Gasteiger partial charge in [0, 0.05) is 23.4 Å². The van der Waals surface area contributed by atoms with Crippen molar-refractivity contribution in [1.29, 1.82) is 0 Å². The molecule has 2 N–H and O–H groups in total. The molecule has 0 heterocycles. The van der Waals surface area contributed by atoms with Crippen LogP contribution in [0.2, 0.25) is 5.02 Å². The normalized spacial score (nSPS) is 18.3. The van der Waals surface area contributed by atoms with Crippen LogP contribution in [0, 0.1) is 11.2 Å². The van der Waals surface area contributed by atoms with E-state index < -0.39 is 5.41 Å². The largest absolute Gasteiger partial charge is 0.329 e. The van der Waals surface area contributed by atoms with E-state index in [0.29, 0.717) is 17.1 Å². The average Bonchev–Trinajstić information content (AvgIpc) is 2.43. The van der Waals surface area contributed by atoms with Crippen molar-refractivity contribution in [2.24, 2.45) is 11.1 Å². The molecule has 0 unspecified atom stereocenters. The highest BCUT2D eigenvalue weighted by Gasteiger charge is 2.37. The third-order valence-corrected chi connectivity index (χ3v) is 4.39. The van der Waals surface area contributed by atoms with Crippen molar-refractivity contribution in [3.8, 4) is 0 Å². The first-order valence-electron chi connectivity index (χ1n) is 6.75. The SMILES string of the molecule is NCC1(C(=O)Cc2cc(Cl)ccc2F)CCCCC1. The lowest BCUT2D eigenvalue weighted by molar-refractivity contribution is -0.129. The van der Waals surface area contributed by atoms with Crippen LogP contribution in [0.4, 0.5) is 4.39 Å². The van der Waals surface area contributed by atoms with Gasteiger partial charge in [-0.05, 0) is 36.6 Å². The van der Waals surface area contributed by atoms with Crippen molar-refractivity contribution < 1.29 is 9.18 Å². The third-order valence-electron chi connectivity index (χ3n) is 4.15. The second-order valence-electron chi connectivity index (χ2n) is 5.38. The highest BCUT2D eigenvalue weighted by Crippen LogP contribution is 2.37. The maximum atomic E-state index is 13.7. The average molecular weight is 284 g/mol. The molecule has 1 fully saturated rings. The Kier molecular flexibility index (Phi) is 4.58. The molecule has 1 aliphatic rings. The monoisotopic (exact) mass is 283 g/mol. The quantitative estimate of drug-likeness (QED) is 0.919. The maximum Gasteiger partial charge on any atom is 0.144 e. The fourth-order valence-electron chi connectivity index (χ4n) is 2.86. The van der Waals surface area contributed by atoms with E-state index in [2.05, 4.69) is 0 Å². The number of halogens is 2. The van der Waals surface area contributed by atoms with Crippen molar-refractivity contribution in [1.82, 2.24) is 0 Å². The molecule has 0 saturated heterocycles. The van der Waals surface area contributed by atoms with E-state index in [9.17, 15) is 9.18 Å². The Bertz CT molecular complexity index is 469. The molecule has 0 atom stereocenters. The van der Waals surface area contributed by atoms with Gasteiger partial charge in [0.2, 0.25) is 0 Å². The van der Waals surface area contributed by atoms with Crippen molar-refractivity contribution >= 4 is 17.4 Å². The van der Waals surface area contributed by atoms with Gasteiger partial charge in [-0.3, -0.25) is 4.79 Å². The first-order valence-corrected chi connectivity index (χ1v) is 7.12. The summed E-state index contributed by atoms with van der Waals surface area (Å²) in [6.07, 6.45) is 4.95. The van der Waals surface area contributed by atoms with Gasteiger partial charge in [-0.2, -0.15) is 0 Å². The molecule has 1 saturated carbocycles. The Labute approximate surface area is 118 Å². The lowest BCUT2D eigenvalue weighted by Crippen LogP contribution is -2.41. The highest BCUT2D eigenvalue weighted by atomic mass is 35.5. The van der Waals surface area contributed by atoms with Crippen molar-refractivity contribution in [3.63, 3.8) is 0 Å². The fraction of sp³-hybridized carbons (Fsp3) is 0.533. The number of Topliss-reactive ketones (excluding diaryl/α,β-unsaturated/α-hetero) is 1. The summed E-state index contributed by atoms with van der Waals surface area (Å²) in [5, 5.41) is 0.453. The van der Waals surface area contributed by atoms with Crippen LogP contribution < -0.4 is 5.73 Å². The molecule has 1 aromatic rings. The number of rotatable bonds is 4. The fourth-order valence-corrected chi connectivity index (χ4v) is 3.06. The second kappa shape index (κ2) is 6.02. The predicted octanol–water partition coefficient (Wildman–Crippen LogP) is 3.50. The van der Waals surface area contributed by atoms with E-state index in [1.54, 1.807) is 0 Å². The minimum atomic E-state index is -0.451. The summed E-state index contributed by atoms with van der Waals surface area (Å²) in [4.78, 5) is 12.5. The van der Waals surface area contributed by atoms with Crippen LogP contribution in [-0.2, 0) is 11.2 Å². The van der Waals surface area contributed by atoms with Gasteiger partial charge in [-0.15, -0.1) is 0 Å². The lowest BCUT2D eigenvalue weighted by atomic mass is 9.70. The molecule has 2 rings (SSSR count). The van der Waals surface area contributed by atoms with Gasteiger partial charge < -0.3 is 5.73 Å². The molecule has 4 heteroatoms. The van der Waals surface area contributed by atoms with Crippen LogP contribution in [-0.4, -0.2) is 12.3 Å². The summed E-state index contributed by atoms with van der Waals surface area (Å²) in [7, 11) is 0. The van der Waals surface area contributed by atoms with Crippen LogP contribution in [0.15, 0.2) is 18.2 Å². The summed E-state index contributed by atoms with van der Waals surface area (Å²) >= 11 is 5.85. The second-order valence-corrected chi connectivity index (χ2v) is 5.82. The number of nitrogens with two attached hydrogens (primary N) is 1. The van der Waals surface area contributed by atoms with Gasteiger partial charge >= 0.3 is 0 Å². The van der Waals surface area contributed by atoms with Gasteiger partial charge in [0.05, 0.1) is 0 Å². The van der Waals surface area contributed by atoms with Crippen LogP contribution in [0.1, 0.15) is 37.7 Å². The van der Waals surface area contributed by atoms with Crippen LogP contribution in [0.5, 0.6) is 0 Å². The molecule has 0 radical (unpaired) electrons. The predicted molar refractivity (Wildman–Crippen MR) is 74.7 cm³/mol. The number of hydrogen-bond acceptors (Lipinski definition) is 2. The first-order chi connectivity index (χ1) is 9.07. The molecule has 1 aliphatic carbocycles. The van der Waals surface area contributed by atoms with Crippen LogP contribution >= 0.6 is 11.6 Å². The third kappa shape index (κ3) is 3.15. The first kappa shape index (κ1) is 14.5. The molecule has 104 valence electrons. The minimum absolute atomic E-state index is 0.0517. The number of ketones is 1. The number of carbonyl (C=O) groups is 1. The van der Waals surface area contributed by atoms with E-state index in [1.807, 2.05) is 0 Å². The van der Waals surface area contributed by atoms with E-state index >= 15 is 0 Å². The maximum absolute atomic E-state index is 13.7. The van der Waals surface area contributed by atoms with E-state index in [4.69, 9.17) is 17.3 Å². The highest BCUT2D eigenvalue weighted by molar-refractivity contribution is 6.30. The van der Waals surface area contributed by atoms with E-state index in [1.165, 1.54) is 18.2 Å². The Balaban J connectivity index is 2.17. The van der Waals surface area contributed by atoms with Crippen molar-refractivity contribution in [3.05, 3.63) is 34.6 Å². The number of hydrogen-bond donors (Lipinski definition) is 1. The minimum Gasteiger partial charge on any atom is -0.329 e. The molecule has 0 amide bonds. The summed E-state index contributed by atoms with van der Waals surface area (Å²) in [6.45, 7) is 0.355. The standard InChI is InChI=1S/C15H19ClFNO/c16-12-4-5-13(17)11(8-12)9-14(19)15(10-18)6-2-1-3-7-15/h4-5,8H,1-3,6-7,9-10,18H2. The van der Waals surface area contributed by atoms with Crippen molar-refractivity contribution in [2.75, 3.05) is 6.54 Å². The van der Waals surface area contributed by atoms with Crippen LogP contribution in [0.3, 0.4) is 0 Å². The molecular weight excluding hydrogens is 265 g/mol. The molecule has 1 aromatic carbocycles. The Morgan fingerprint density at radius 1 is 1.32 bits per heavy atom. The molecule has 0 spiro atoms. The van der Waals surface area contributed by atoms with Gasteiger partial charge in [-0.1, -0.05) is 30.9 Å². The van der Waals surface area contributed by atoms with Gasteiger partial charge in [0.1, 0.15) is 11.6 Å². The summed E-state index contributed by atoms with van der Waals surface area (Å²) in [5.74, 6) is -0.323. The van der Waals surface area contributed by atoms with Crippen molar-refractivity contribution in [2.45, 2.75) is 38.5 Å². The Hall–Kier alpha value is -0.930. The lowest BCUT2D eigenvalue weighted by Gasteiger charge is -2.34. The Morgan fingerprint density at radius 3 is 2.63 bits per heavy atom. The Morgan fingerprint density at radius 2 is 2.00 bits per heavy atom. The zero-order valence-corrected chi connectivity index (χ0v) is 11.7. The molecule has 0 aliphatic heterocycles. The van der Waals surface area contributed by atoms with Gasteiger partial charge in [-0.25, -0.2) is 4.39 Å². The molecule has 19 heavy (non-hydrogen) atoms. The summed E-state index contributed by atoms with van der Waals surface area (Å²) < 4.78 is 13.7. The molecule has 0 bridgehead atoms. The number of benzene rings is 1. The molecular formula is C15H19ClFNO. The van der Waals surface area contributed by atoms with E-state index in [-0.39, 0.29) is 18.0 Å². The summed E-state index contributed by atoms with van der Waals surface area (Å²) in [5.41, 5.74) is 5.74. The topological polar surface area (TPSA) is 43.1 Å². The van der Waals surface area contributed by atoms with Gasteiger partial charge in [0.15, 0.2) is 0 Å². The smallest absolute Gasteiger partial charge is 0.144 e. The zero-order chi connectivity index (χ0) is 13.9. The number of carbonyl (C=O) groups excluding carboxylic acids is 1. The molecule has 2 nitrogen and oxygen atoms in total.